The minimum absolute atomic E-state index is 0.603. The highest BCUT2D eigenvalue weighted by atomic mass is 32.1. The summed E-state index contributed by atoms with van der Waals surface area (Å²) in [5.41, 5.74) is 0.806. The molecule has 0 N–H and O–H groups in total. The maximum atomic E-state index is 10.6. The number of aromatic nitrogens is 2. The van der Waals surface area contributed by atoms with Gasteiger partial charge in [0.1, 0.15) is 0 Å². The van der Waals surface area contributed by atoms with Crippen molar-refractivity contribution < 1.29 is 4.79 Å². The van der Waals surface area contributed by atoms with Gasteiger partial charge >= 0.3 is 0 Å². The molecule has 3 nitrogen and oxygen atoms in total. The molecule has 2 aromatic heterocycles. The van der Waals surface area contributed by atoms with Crippen LogP contribution in [0.15, 0.2) is 29.9 Å². The first-order chi connectivity index (χ1) is 6.42. The van der Waals surface area contributed by atoms with Crippen molar-refractivity contribution in [2.45, 2.75) is 0 Å². The SMILES string of the molecule is O=Cc1sccc1-c1ncccn1. The lowest BCUT2D eigenvalue weighted by atomic mass is 10.2. The summed E-state index contributed by atoms with van der Waals surface area (Å²) in [5.74, 6) is 0.603. The summed E-state index contributed by atoms with van der Waals surface area (Å²) in [6.45, 7) is 0. The molecule has 0 radical (unpaired) electrons. The van der Waals surface area contributed by atoms with Gasteiger partial charge in [-0.2, -0.15) is 0 Å². The summed E-state index contributed by atoms with van der Waals surface area (Å²) in [6, 6.07) is 3.60. The largest absolute Gasteiger partial charge is 0.297 e. The normalized spacial score (nSPS) is 9.85. The molecule has 4 heteroatoms. The van der Waals surface area contributed by atoms with Crippen LogP contribution in [0, 0.1) is 0 Å². The molecule has 0 aliphatic rings. The molecule has 0 unspecified atom stereocenters. The highest BCUT2D eigenvalue weighted by Gasteiger charge is 2.06. The molecule has 0 amide bonds. The number of aldehydes is 1. The molecule has 2 heterocycles. The van der Waals surface area contributed by atoms with Gasteiger partial charge in [0.05, 0.1) is 4.88 Å². The molecular formula is C9H6N2OS. The second kappa shape index (κ2) is 3.45. The Morgan fingerprint density at radius 1 is 1.31 bits per heavy atom. The maximum Gasteiger partial charge on any atom is 0.160 e. The first kappa shape index (κ1) is 8.07. The van der Waals surface area contributed by atoms with Crippen LogP contribution in [0.3, 0.4) is 0 Å². The average molecular weight is 190 g/mol. The second-order valence-corrected chi connectivity index (χ2v) is 3.34. The summed E-state index contributed by atoms with van der Waals surface area (Å²) in [4.78, 5) is 19.4. The maximum absolute atomic E-state index is 10.6. The molecular weight excluding hydrogens is 184 g/mol. The van der Waals surface area contributed by atoms with Crippen molar-refractivity contribution in [1.29, 1.82) is 0 Å². The monoisotopic (exact) mass is 190 g/mol. The van der Waals surface area contributed by atoms with E-state index in [1.165, 1.54) is 11.3 Å². The standard InChI is InChI=1S/C9H6N2OS/c12-6-8-7(2-5-13-8)9-10-3-1-4-11-9/h1-6H. The van der Waals surface area contributed by atoms with Gasteiger partial charge in [-0.05, 0) is 17.5 Å². The topological polar surface area (TPSA) is 42.9 Å². The molecule has 2 rings (SSSR count). The van der Waals surface area contributed by atoms with Crippen LogP contribution in [-0.4, -0.2) is 16.3 Å². The number of hydrogen-bond acceptors (Lipinski definition) is 4. The minimum Gasteiger partial charge on any atom is -0.297 e. The summed E-state index contributed by atoms with van der Waals surface area (Å²) < 4.78 is 0. The number of rotatable bonds is 2. The third-order valence-electron chi connectivity index (χ3n) is 1.61. The molecule has 0 spiro atoms. The molecule has 0 bridgehead atoms. The van der Waals surface area contributed by atoms with Crippen molar-refractivity contribution in [3.8, 4) is 11.4 Å². The Balaban J connectivity index is 2.52. The van der Waals surface area contributed by atoms with Crippen LogP contribution in [0.25, 0.3) is 11.4 Å². The molecule has 0 aliphatic carbocycles. The van der Waals surface area contributed by atoms with Crippen molar-refractivity contribution >= 4 is 17.6 Å². The third kappa shape index (κ3) is 1.48. The van der Waals surface area contributed by atoms with E-state index in [-0.39, 0.29) is 0 Å². The number of nitrogens with zero attached hydrogens (tertiary/aromatic N) is 2. The fourth-order valence-corrected chi connectivity index (χ4v) is 1.73. The molecule has 0 fully saturated rings. The molecule has 0 aliphatic heterocycles. The van der Waals surface area contributed by atoms with Gasteiger partial charge in [-0.25, -0.2) is 9.97 Å². The van der Waals surface area contributed by atoms with Crippen molar-refractivity contribution in [3.05, 3.63) is 34.8 Å². The van der Waals surface area contributed by atoms with E-state index in [4.69, 9.17) is 0 Å². The Hall–Kier alpha value is -1.55. The molecule has 0 saturated heterocycles. The molecule has 13 heavy (non-hydrogen) atoms. The van der Waals surface area contributed by atoms with E-state index in [9.17, 15) is 4.79 Å². The van der Waals surface area contributed by atoms with Crippen LogP contribution >= 0.6 is 11.3 Å². The van der Waals surface area contributed by atoms with E-state index in [2.05, 4.69) is 9.97 Å². The Bertz CT molecular complexity index is 411. The van der Waals surface area contributed by atoms with Crippen molar-refractivity contribution in [1.82, 2.24) is 9.97 Å². The minimum atomic E-state index is 0.603. The molecule has 0 aromatic carbocycles. The summed E-state index contributed by atoms with van der Waals surface area (Å²) >= 11 is 1.40. The van der Waals surface area contributed by atoms with E-state index in [0.29, 0.717) is 10.7 Å². The van der Waals surface area contributed by atoms with Gasteiger partial charge in [-0.15, -0.1) is 11.3 Å². The Labute approximate surface area is 79.1 Å². The number of hydrogen-bond donors (Lipinski definition) is 0. The Kier molecular flexibility index (Phi) is 2.14. The van der Waals surface area contributed by atoms with Gasteiger partial charge in [0.25, 0.3) is 0 Å². The van der Waals surface area contributed by atoms with Crippen molar-refractivity contribution in [3.63, 3.8) is 0 Å². The highest BCUT2D eigenvalue weighted by Crippen LogP contribution is 2.22. The van der Waals surface area contributed by atoms with Gasteiger partial charge in [-0.1, -0.05) is 0 Å². The lowest BCUT2D eigenvalue weighted by Crippen LogP contribution is -1.87. The number of thiophene rings is 1. The van der Waals surface area contributed by atoms with E-state index in [0.717, 1.165) is 11.8 Å². The third-order valence-corrected chi connectivity index (χ3v) is 2.45. The van der Waals surface area contributed by atoms with Gasteiger partial charge in [-0.3, -0.25) is 4.79 Å². The van der Waals surface area contributed by atoms with Crippen molar-refractivity contribution in [2.75, 3.05) is 0 Å². The predicted octanol–water partition coefficient (Wildman–Crippen LogP) is 2.02. The zero-order valence-electron chi connectivity index (χ0n) is 6.68. The van der Waals surface area contributed by atoms with Gasteiger partial charge in [0, 0.05) is 18.0 Å². The molecule has 0 saturated carbocycles. The van der Waals surface area contributed by atoms with E-state index in [1.807, 2.05) is 11.4 Å². The van der Waals surface area contributed by atoms with Crippen LogP contribution in [0.5, 0.6) is 0 Å². The zero-order valence-corrected chi connectivity index (χ0v) is 7.49. The van der Waals surface area contributed by atoms with Gasteiger partial charge < -0.3 is 0 Å². The van der Waals surface area contributed by atoms with E-state index < -0.39 is 0 Å². The lowest BCUT2D eigenvalue weighted by molar-refractivity contribution is 0.112. The van der Waals surface area contributed by atoms with Crippen LogP contribution < -0.4 is 0 Å². The Morgan fingerprint density at radius 2 is 2.08 bits per heavy atom. The smallest absolute Gasteiger partial charge is 0.160 e. The summed E-state index contributed by atoms with van der Waals surface area (Å²) in [6.07, 6.45) is 4.15. The molecule has 2 aromatic rings. The van der Waals surface area contributed by atoms with Crippen LogP contribution in [0.4, 0.5) is 0 Å². The molecule has 64 valence electrons. The second-order valence-electron chi connectivity index (χ2n) is 2.39. The number of carbonyl (C=O) groups is 1. The van der Waals surface area contributed by atoms with Gasteiger partial charge in [0.2, 0.25) is 0 Å². The van der Waals surface area contributed by atoms with Gasteiger partial charge in [0.15, 0.2) is 12.1 Å². The lowest BCUT2D eigenvalue weighted by Gasteiger charge is -1.94. The van der Waals surface area contributed by atoms with Crippen molar-refractivity contribution in [2.24, 2.45) is 0 Å². The predicted molar refractivity (Wildman–Crippen MR) is 50.7 cm³/mol. The first-order valence-corrected chi connectivity index (χ1v) is 4.60. The van der Waals surface area contributed by atoms with Crippen LogP contribution in [0.2, 0.25) is 0 Å². The average Bonchev–Trinajstić information content (AvgIpc) is 2.67. The molecule has 0 atom stereocenters. The fraction of sp³-hybridized carbons (Fsp3) is 0. The highest BCUT2D eigenvalue weighted by molar-refractivity contribution is 7.12. The summed E-state index contributed by atoms with van der Waals surface area (Å²) in [5, 5.41) is 1.86. The quantitative estimate of drug-likeness (QED) is 0.680. The Morgan fingerprint density at radius 3 is 2.77 bits per heavy atom. The zero-order chi connectivity index (χ0) is 9.10. The van der Waals surface area contributed by atoms with Crippen LogP contribution in [-0.2, 0) is 0 Å². The summed E-state index contributed by atoms with van der Waals surface area (Å²) in [7, 11) is 0. The first-order valence-electron chi connectivity index (χ1n) is 3.72. The fourth-order valence-electron chi connectivity index (χ4n) is 1.04. The number of carbonyl (C=O) groups excluding carboxylic acids is 1. The van der Waals surface area contributed by atoms with E-state index >= 15 is 0 Å². The van der Waals surface area contributed by atoms with Crippen LogP contribution in [0.1, 0.15) is 9.67 Å². The van der Waals surface area contributed by atoms with E-state index in [1.54, 1.807) is 18.5 Å².